The van der Waals surface area contributed by atoms with Crippen LogP contribution in [-0.4, -0.2) is 19.5 Å². The maximum absolute atomic E-state index is 12.3. The number of nitrogens with one attached hydrogen (secondary N) is 1. The Morgan fingerprint density at radius 1 is 1.29 bits per heavy atom. The molecule has 2 rings (SSSR count). The number of rotatable bonds is 4. The molecule has 0 atom stereocenters. The van der Waals surface area contributed by atoms with Gasteiger partial charge in [-0.2, -0.15) is 0 Å². The summed E-state index contributed by atoms with van der Waals surface area (Å²) in [5, 5.41) is 8.83. The van der Waals surface area contributed by atoms with Crippen molar-refractivity contribution in [3.8, 4) is 0 Å². The first-order valence-electron chi connectivity index (χ1n) is 5.83. The minimum atomic E-state index is -3.91. The van der Waals surface area contributed by atoms with Crippen molar-refractivity contribution < 1.29 is 22.7 Å². The summed E-state index contributed by atoms with van der Waals surface area (Å²) >= 11 is 3.33. The van der Waals surface area contributed by atoms with Crippen LogP contribution in [0.4, 0.5) is 5.69 Å². The second kappa shape index (κ2) is 5.53. The highest BCUT2D eigenvalue weighted by molar-refractivity contribution is 9.10. The molecule has 2 N–H and O–H groups in total. The quantitative estimate of drug-likeness (QED) is 0.857. The highest BCUT2D eigenvalue weighted by Crippen LogP contribution is 2.25. The lowest BCUT2D eigenvalue weighted by Gasteiger charge is -2.08. The number of hydrogen-bond acceptors (Lipinski definition) is 4. The molecule has 112 valence electrons. The lowest BCUT2D eigenvalue weighted by atomic mass is 10.2. The number of benzene rings is 1. The lowest BCUT2D eigenvalue weighted by Crippen LogP contribution is -2.13. The zero-order valence-corrected chi connectivity index (χ0v) is 13.6. The third-order valence-electron chi connectivity index (χ3n) is 2.78. The van der Waals surface area contributed by atoms with Crippen molar-refractivity contribution >= 4 is 37.6 Å². The van der Waals surface area contributed by atoms with Gasteiger partial charge in [-0.15, -0.1) is 0 Å². The van der Waals surface area contributed by atoms with Gasteiger partial charge in [0, 0.05) is 16.2 Å². The molecule has 2 aromatic rings. The van der Waals surface area contributed by atoms with Crippen LogP contribution in [0.2, 0.25) is 0 Å². The van der Waals surface area contributed by atoms with E-state index in [4.69, 9.17) is 9.52 Å². The molecule has 0 aliphatic carbocycles. The Kier molecular flexibility index (Phi) is 4.11. The number of sulfonamides is 1. The Balaban J connectivity index is 2.38. The number of carboxylic acids is 1. The zero-order chi connectivity index (χ0) is 15.8. The van der Waals surface area contributed by atoms with Gasteiger partial charge in [0.2, 0.25) is 5.76 Å². The molecule has 8 heteroatoms. The monoisotopic (exact) mass is 373 g/mol. The van der Waals surface area contributed by atoms with E-state index in [1.807, 2.05) is 6.92 Å². The normalized spacial score (nSPS) is 11.4. The molecule has 1 aromatic heterocycles. The van der Waals surface area contributed by atoms with Gasteiger partial charge < -0.3 is 9.52 Å². The summed E-state index contributed by atoms with van der Waals surface area (Å²) < 4.78 is 32.7. The fraction of sp³-hybridized carbons (Fsp3) is 0.154. The molecule has 0 spiro atoms. The molecule has 0 fully saturated rings. The molecular weight excluding hydrogens is 362 g/mol. The summed E-state index contributed by atoms with van der Waals surface area (Å²) in [5.74, 6) is -1.72. The standard InChI is InChI=1S/C13H12BrNO5S/c1-7-5-9(3-4-10(7)14)15-21(18,19)12-6-11(13(16)17)20-8(12)2/h3-6,15H,1-2H3,(H,16,17). The topological polar surface area (TPSA) is 96.6 Å². The van der Waals surface area contributed by atoms with Crippen LogP contribution in [0, 0.1) is 13.8 Å². The molecule has 6 nitrogen and oxygen atoms in total. The van der Waals surface area contributed by atoms with Gasteiger partial charge in [0.05, 0.1) is 0 Å². The average Bonchev–Trinajstić information content (AvgIpc) is 2.77. The smallest absolute Gasteiger partial charge is 0.371 e. The summed E-state index contributed by atoms with van der Waals surface area (Å²) in [6, 6.07) is 5.97. The third kappa shape index (κ3) is 3.27. The summed E-state index contributed by atoms with van der Waals surface area (Å²) in [6.07, 6.45) is 0. The summed E-state index contributed by atoms with van der Waals surface area (Å²) in [4.78, 5) is 10.6. The maximum atomic E-state index is 12.3. The maximum Gasteiger partial charge on any atom is 0.371 e. The first-order chi connectivity index (χ1) is 9.70. The van der Waals surface area contributed by atoms with Gasteiger partial charge in [-0.1, -0.05) is 15.9 Å². The van der Waals surface area contributed by atoms with Gasteiger partial charge in [0.15, 0.2) is 0 Å². The molecular formula is C13H12BrNO5S. The van der Waals surface area contributed by atoms with Crippen LogP contribution in [0.15, 0.2) is 38.1 Å². The largest absolute Gasteiger partial charge is 0.475 e. The molecule has 1 heterocycles. The lowest BCUT2D eigenvalue weighted by molar-refractivity contribution is 0.0661. The summed E-state index contributed by atoms with van der Waals surface area (Å²) in [5.41, 5.74) is 1.25. The molecule has 21 heavy (non-hydrogen) atoms. The SMILES string of the molecule is Cc1cc(NS(=O)(=O)c2cc(C(=O)O)oc2C)ccc1Br. The molecule has 1 aromatic carbocycles. The Morgan fingerprint density at radius 3 is 2.48 bits per heavy atom. The van der Waals surface area contributed by atoms with Crippen LogP contribution in [0.3, 0.4) is 0 Å². The van der Waals surface area contributed by atoms with E-state index in [0.717, 1.165) is 16.1 Å². The van der Waals surface area contributed by atoms with Gasteiger partial charge in [-0.25, -0.2) is 13.2 Å². The van der Waals surface area contributed by atoms with E-state index in [-0.39, 0.29) is 10.7 Å². The highest BCUT2D eigenvalue weighted by Gasteiger charge is 2.24. The predicted octanol–water partition coefficient (Wildman–Crippen LogP) is 3.16. The van der Waals surface area contributed by atoms with E-state index in [2.05, 4.69) is 20.7 Å². The second-order valence-corrected chi connectivity index (χ2v) is 6.91. The van der Waals surface area contributed by atoms with Crippen LogP contribution >= 0.6 is 15.9 Å². The van der Waals surface area contributed by atoms with Gasteiger partial charge in [0.25, 0.3) is 10.0 Å². The van der Waals surface area contributed by atoms with E-state index in [9.17, 15) is 13.2 Å². The number of halogens is 1. The Labute approximate surface area is 130 Å². The van der Waals surface area contributed by atoms with Gasteiger partial charge >= 0.3 is 5.97 Å². The minimum absolute atomic E-state index is 0.0220. The van der Waals surface area contributed by atoms with Crippen LogP contribution < -0.4 is 4.72 Å². The van der Waals surface area contributed by atoms with Crippen molar-refractivity contribution in [2.45, 2.75) is 18.7 Å². The Bertz CT molecular complexity index is 810. The van der Waals surface area contributed by atoms with Crippen LogP contribution in [-0.2, 0) is 10.0 Å². The van der Waals surface area contributed by atoms with Gasteiger partial charge in [0.1, 0.15) is 10.7 Å². The van der Waals surface area contributed by atoms with Crippen LogP contribution in [0.1, 0.15) is 21.9 Å². The number of hydrogen-bond donors (Lipinski definition) is 2. The number of anilines is 1. The van der Waals surface area contributed by atoms with Crippen LogP contribution in [0.25, 0.3) is 0 Å². The zero-order valence-electron chi connectivity index (χ0n) is 11.2. The summed E-state index contributed by atoms with van der Waals surface area (Å²) in [6.45, 7) is 3.22. The molecule has 0 unspecified atom stereocenters. The van der Waals surface area contributed by atoms with Crippen molar-refractivity contribution in [1.29, 1.82) is 0 Å². The van der Waals surface area contributed by atoms with E-state index in [1.54, 1.807) is 18.2 Å². The molecule has 0 bridgehead atoms. The fourth-order valence-corrected chi connectivity index (χ4v) is 3.23. The number of aryl methyl sites for hydroxylation is 2. The number of carboxylic acid groups (broad SMARTS) is 1. The van der Waals surface area contributed by atoms with Gasteiger partial charge in [-0.3, -0.25) is 4.72 Å². The second-order valence-electron chi connectivity index (χ2n) is 4.41. The predicted molar refractivity (Wildman–Crippen MR) is 80.1 cm³/mol. The molecule has 0 aliphatic rings. The molecule has 0 saturated heterocycles. The van der Waals surface area contributed by atoms with Crippen molar-refractivity contribution in [3.63, 3.8) is 0 Å². The molecule has 0 aliphatic heterocycles. The first kappa shape index (κ1) is 15.6. The number of aromatic carboxylic acids is 1. The average molecular weight is 374 g/mol. The van der Waals surface area contributed by atoms with Crippen molar-refractivity contribution in [1.82, 2.24) is 0 Å². The fourth-order valence-electron chi connectivity index (χ4n) is 1.76. The highest BCUT2D eigenvalue weighted by atomic mass is 79.9. The minimum Gasteiger partial charge on any atom is -0.475 e. The van der Waals surface area contributed by atoms with E-state index < -0.39 is 21.8 Å². The molecule has 0 amide bonds. The van der Waals surface area contributed by atoms with Crippen molar-refractivity contribution in [3.05, 3.63) is 45.8 Å². The Hall–Kier alpha value is -1.80. The van der Waals surface area contributed by atoms with E-state index >= 15 is 0 Å². The Morgan fingerprint density at radius 2 is 1.95 bits per heavy atom. The number of furan rings is 1. The molecule has 0 radical (unpaired) electrons. The van der Waals surface area contributed by atoms with Crippen LogP contribution in [0.5, 0.6) is 0 Å². The van der Waals surface area contributed by atoms with Gasteiger partial charge in [-0.05, 0) is 37.6 Å². The van der Waals surface area contributed by atoms with Crippen molar-refractivity contribution in [2.24, 2.45) is 0 Å². The first-order valence-corrected chi connectivity index (χ1v) is 8.11. The van der Waals surface area contributed by atoms with E-state index in [1.165, 1.54) is 6.92 Å². The van der Waals surface area contributed by atoms with E-state index in [0.29, 0.717) is 5.69 Å². The summed E-state index contributed by atoms with van der Waals surface area (Å²) in [7, 11) is -3.91. The van der Waals surface area contributed by atoms with Crippen molar-refractivity contribution in [2.75, 3.05) is 4.72 Å². The third-order valence-corrected chi connectivity index (χ3v) is 5.16. The number of carbonyl (C=O) groups is 1. The molecule has 0 saturated carbocycles.